The van der Waals surface area contributed by atoms with Crippen molar-refractivity contribution in [3.8, 4) is 11.3 Å². The summed E-state index contributed by atoms with van der Waals surface area (Å²) < 4.78 is 14.1. The number of alkyl halides is 1. The first-order chi connectivity index (χ1) is 11.1. The van der Waals surface area contributed by atoms with Gasteiger partial charge in [0.1, 0.15) is 6.17 Å². The Morgan fingerprint density at radius 3 is 2.74 bits per heavy atom. The highest BCUT2D eigenvalue weighted by Crippen LogP contribution is 2.32. The molecule has 23 heavy (non-hydrogen) atoms. The summed E-state index contributed by atoms with van der Waals surface area (Å²) in [7, 11) is 0. The molecule has 2 unspecified atom stereocenters. The molecule has 1 aromatic carbocycles. The van der Waals surface area contributed by atoms with Crippen LogP contribution in [0.15, 0.2) is 30.3 Å². The van der Waals surface area contributed by atoms with E-state index in [-0.39, 0.29) is 6.04 Å². The normalized spacial score (nSPS) is 21.1. The molecule has 5 heteroatoms. The number of rotatable bonds is 4. The first-order valence-electron chi connectivity index (χ1n) is 8.05. The lowest BCUT2D eigenvalue weighted by molar-refractivity contribution is 0.1000. The van der Waals surface area contributed by atoms with E-state index in [1.807, 2.05) is 31.2 Å². The molecule has 1 amide bonds. The van der Waals surface area contributed by atoms with E-state index in [2.05, 4.69) is 10.3 Å². The van der Waals surface area contributed by atoms with Gasteiger partial charge < -0.3 is 16.0 Å². The zero-order chi connectivity index (χ0) is 16.4. The van der Waals surface area contributed by atoms with Crippen molar-refractivity contribution in [3.63, 3.8) is 0 Å². The highest BCUT2D eigenvalue weighted by molar-refractivity contribution is 5.96. The van der Waals surface area contributed by atoms with Crippen molar-refractivity contribution >= 4 is 11.6 Å². The number of primary amides is 1. The smallest absolute Gasteiger partial charge is 0.250 e. The van der Waals surface area contributed by atoms with E-state index in [1.165, 1.54) is 0 Å². The summed E-state index contributed by atoms with van der Waals surface area (Å²) >= 11 is 0. The fraction of sp³-hybridized carbons (Fsp3) is 0.389. The van der Waals surface area contributed by atoms with Crippen LogP contribution < -0.4 is 11.1 Å². The summed E-state index contributed by atoms with van der Waals surface area (Å²) in [5, 5.41) is 3.34. The third-order valence-electron chi connectivity index (χ3n) is 4.52. The van der Waals surface area contributed by atoms with Crippen LogP contribution in [-0.2, 0) is 0 Å². The van der Waals surface area contributed by atoms with Crippen LogP contribution >= 0.6 is 0 Å². The highest BCUT2D eigenvalue weighted by Gasteiger charge is 2.25. The van der Waals surface area contributed by atoms with Gasteiger partial charge in [-0.2, -0.15) is 0 Å². The van der Waals surface area contributed by atoms with Crippen LogP contribution in [0.3, 0.4) is 0 Å². The van der Waals surface area contributed by atoms with Gasteiger partial charge in [-0.3, -0.25) is 4.79 Å². The van der Waals surface area contributed by atoms with Crippen LogP contribution in [0.25, 0.3) is 11.3 Å². The minimum Gasteiger partial charge on any atom is -0.379 e. The van der Waals surface area contributed by atoms with Crippen molar-refractivity contribution in [2.75, 3.05) is 5.32 Å². The molecule has 1 heterocycles. The number of para-hydroxylation sites is 1. The number of halogens is 1. The lowest BCUT2D eigenvalue weighted by Crippen LogP contribution is -2.33. The Kier molecular flexibility index (Phi) is 4.37. The second-order valence-electron chi connectivity index (χ2n) is 6.18. The Labute approximate surface area is 135 Å². The Morgan fingerprint density at radius 2 is 2.04 bits per heavy atom. The molecule has 1 aliphatic carbocycles. The average molecular weight is 315 g/mol. The van der Waals surface area contributed by atoms with Crippen LogP contribution in [0.4, 0.5) is 10.1 Å². The fourth-order valence-electron chi connectivity index (χ4n) is 3.25. The third kappa shape index (κ3) is 3.23. The number of amides is 1. The quantitative estimate of drug-likeness (QED) is 0.803. The van der Waals surface area contributed by atoms with Gasteiger partial charge in [0.25, 0.3) is 5.91 Å². The average Bonchev–Trinajstić information content (AvgIpc) is 2.92. The monoisotopic (exact) mass is 315 g/mol. The van der Waals surface area contributed by atoms with E-state index in [9.17, 15) is 9.18 Å². The minimum atomic E-state index is -0.816. The number of anilines is 1. The Morgan fingerprint density at radius 1 is 1.30 bits per heavy atom. The molecular formula is C18H22FN3O. The second-order valence-corrected chi connectivity index (χ2v) is 6.18. The van der Waals surface area contributed by atoms with E-state index >= 15 is 0 Å². The maximum absolute atomic E-state index is 14.1. The summed E-state index contributed by atoms with van der Waals surface area (Å²) in [6, 6.07) is 9.34. The predicted octanol–water partition coefficient (Wildman–Crippen LogP) is 3.78. The minimum absolute atomic E-state index is 0.156. The van der Waals surface area contributed by atoms with Gasteiger partial charge in [-0.05, 0) is 31.9 Å². The number of hydrogen-bond acceptors (Lipinski definition) is 2. The molecule has 122 valence electrons. The number of carbonyl (C=O) groups excluding carboxylic acids is 1. The molecule has 1 fully saturated rings. The maximum atomic E-state index is 14.1. The van der Waals surface area contributed by atoms with Gasteiger partial charge in [0.05, 0.1) is 11.6 Å². The van der Waals surface area contributed by atoms with E-state index in [4.69, 9.17) is 5.73 Å². The van der Waals surface area contributed by atoms with E-state index in [1.54, 1.807) is 6.07 Å². The molecule has 0 radical (unpaired) electrons. The molecule has 0 aliphatic heterocycles. The van der Waals surface area contributed by atoms with Crippen LogP contribution in [0.5, 0.6) is 0 Å². The molecule has 4 N–H and O–H groups in total. The number of aryl methyl sites for hydroxylation is 1. The van der Waals surface area contributed by atoms with Gasteiger partial charge in [-0.25, -0.2) is 4.39 Å². The maximum Gasteiger partial charge on any atom is 0.250 e. The topological polar surface area (TPSA) is 70.9 Å². The standard InChI is InChI=1S/C18H22FN3O/c1-11-13(18(20)23)10-17(21-11)12-6-2-4-8-15(12)22-16-9-5-3-7-14(16)19/h2,4,6,8,10,14,16,21-22H,3,5,7,9H2,1H3,(H2,20,23). The molecule has 4 nitrogen and oxygen atoms in total. The van der Waals surface area contributed by atoms with Gasteiger partial charge in [0.2, 0.25) is 0 Å². The Hall–Kier alpha value is -2.30. The van der Waals surface area contributed by atoms with Gasteiger partial charge in [0.15, 0.2) is 0 Å². The number of benzene rings is 1. The van der Waals surface area contributed by atoms with Crippen LogP contribution in [0.2, 0.25) is 0 Å². The van der Waals surface area contributed by atoms with Gasteiger partial charge in [-0.15, -0.1) is 0 Å². The van der Waals surface area contributed by atoms with Gasteiger partial charge >= 0.3 is 0 Å². The third-order valence-corrected chi connectivity index (χ3v) is 4.52. The van der Waals surface area contributed by atoms with Crippen molar-refractivity contribution in [2.24, 2.45) is 5.73 Å². The molecule has 3 rings (SSSR count). The lowest BCUT2D eigenvalue weighted by Gasteiger charge is -2.28. The molecule has 1 aromatic heterocycles. The van der Waals surface area contributed by atoms with E-state index in [0.717, 1.165) is 41.9 Å². The summed E-state index contributed by atoms with van der Waals surface area (Å²) in [5.74, 6) is -0.452. The van der Waals surface area contributed by atoms with Gasteiger partial charge in [0, 0.05) is 22.6 Å². The largest absolute Gasteiger partial charge is 0.379 e. The van der Waals surface area contributed by atoms with Crippen molar-refractivity contribution in [2.45, 2.75) is 44.8 Å². The summed E-state index contributed by atoms with van der Waals surface area (Å²) in [6.07, 6.45) is 2.65. The van der Waals surface area contributed by atoms with Crippen molar-refractivity contribution in [3.05, 3.63) is 41.6 Å². The number of H-pyrrole nitrogens is 1. The SMILES string of the molecule is Cc1[nH]c(-c2ccccc2NC2CCCCC2F)cc1C(N)=O. The number of nitrogens with two attached hydrogens (primary N) is 1. The van der Waals surface area contributed by atoms with E-state index in [0.29, 0.717) is 12.0 Å². The first kappa shape index (κ1) is 15.6. The molecule has 2 atom stereocenters. The number of aromatic nitrogens is 1. The van der Waals surface area contributed by atoms with Crippen molar-refractivity contribution in [1.29, 1.82) is 0 Å². The molecule has 0 bridgehead atoms. The summed E-state index contributed by atoms with van der Waals surface area (Å²) in [5.41, 5.74) is 9.21. The number of nitrogens with one attached hydrogen (secondary N) is 2. The lowest BCUT2D eigenvalue weighted by atomic mass is 9.93. The Balaban J connectivity index is 1.91. The van der Waals surface area contributed by atoms with Gasteiger partial charge in [-0.1, -0.05) is 31.0 Å². The zero-order valence-electron chi connectivity index (χ0n) is 13.2. The zero-order valence-corrected chi connectivity index (χ0v) is 13.2. The number of aromatic amines is 1. The summed E-state index contributed by atoms with van der Waals surface area (Å²) in [6.45, 7) is 1.82. The van der Waals surface area contributed by atoms with Crippen LogP contribution in [0, 0.1) is 6.92 Å². The van der Waals surface area contributed by atoms with Crippen molar-refractivity contribution in [1.82, 2.24) is 4.98 Å². The predicted molar refractivity (Wildman–Crippen MR) is 90.3 cm³/mol. The second kappa shape index (κ2) is 6.44. The molecule has 1 saturated carbocycles. The number of hydrogen-bond donors (Lipinski definition) is 3. The number of carbonyl (C=O) groups is 1. The first-order valence-corrected chi connectivity index (χ1v) is 8.05. The van der Waals surface area contributed by atoms with Crippen LogP contribution in [0.1, 0.15) is 41.7 Å². The van der Waals surface area contributed by atoms with E-state index < -0.39 is 12.1 Å². The molecule has 0 spiro atoms. The summed E-state index contributed by atoms with van der Waals surface area (Å²) in [4.78, 5) is 14.6. The molecule has 2 aromatic rings. The Bertz CT molecular complexity index is 710. The molecule has 1 aliphatic rings. The van der Waals surface area contributed by atoms with Crippen molar-refractivity contribution < 1.29 is 9.18 Å². The fourth-order valence-corrected chi connectivity index (χ4v) is 3.25. The van der Waals surface area contributed by atoms with Crippen LogP contribution in [-0.4, -0.2) is 23.1 Å². The molecular weight excluding hydrogens is 293 g/mol. The molecule has 0 saturated heterocycles. The highest BCUT2D eigenvalue weighted by atomic mass is 19.1.